The molecule has 1 fully saturated rings. The van der Waals surface area contributed by atoms with E-state index < -0.39 is 53.8 Å². The molecule has 1 aromatic carbocycles. The number of guanidine groups is 1. The topological polar surface area (TPSA) is 274 Å². The lowest BCUT2D eigenvalue weighted by molar-refractivity contribution is -0.192. The van der Waals surface area contributed by atoms with Gasteiger partial charge in [-0.3, -0.25) is 25.2 Å². The monoisotopic (exact) mass is 658 g/mol. The smallest absolute Gasteiger partial charge is 0.480 e. The summed E-state index contributed by atoms with van der Waals surface area (Å²) in [4.78, 5) is 60.2. The van der Waals surface area contributed by atoms with Crippen LogP contribution in [-0.4, -0.2) is 83.5 Å². The third kappa shape index (κ3) is 13.8. The van der Waals surface area contributed by atoms with Gasteiger partial charge in [0.05, 0.1) is 0 Å². The molecule has 46 heavy (non-hydrogen) atoms. The second-order valence-electron chi connectivity index (χ2n) is 10.6. The maximum absolute atomic E-state index is 13.4. The Labute approximate surface area is 263 Å². The number of nitrogens with one attached hydrogen (secondary N) is 6. The second kappa shape index (κ2) is 18.8. The summed E-state index contributed by atoms with van der Waals surface area (Å²) < 4.78 is 31.7. The number of aliphatic carboxylic acids is 2. The van der Waals surface area contributed by atoms with Crippen LogP contribution in [0.5, 0.6) is 0 Å². The van der Waals surface area contributed by atoms with Gasteiger partial charge in [0.1, 0.15) is 23.8 Å². The van der Waals surface area contributed by atoms with Crippen LogP contribution >= 0.6 is 0 Å². The number of carbonyl (C=O) groups excluding carboxylic acids is 3. The zero-order valence-corrected chi connectivity index (χ0v) is 25.2. The molecule has 18 heteroatoms. The van der Waals surface area contributed by atoms with Crippen LogP contribution in [0.15, 0.2) is 24.3 Å². The highest BCUT2D eigenvalue weighted by Gasteiger charge is 2.38. The Hall–Kier alpha value is -4.90. The predicted molar refractivity (Wildman–Crippen MR) is 160 cm³/mol. The van der Waals surface area contributed by atoms with Gasteiger partial charge in [-0.15, -0.1) is 0 Å². The van der Waals surface area contributed by atoms with E-state index in [0.717, 1.165) is 19.3 Å². The van der Waals surface area contributed by atoms with Crippen molar-refractivity contribution < 1.29 is 47.4 Å². The summed E-state index contributed by atoms with van der Waals surface area (Å²) in [7, 11) is 1.42. The molecule has 0 spiro atoms. The number of carbonyl (C=O) groups is 5. The van der Waals surface area contributed by atoms with E-state index in [9.17, 15) is 37.5 Å². The lowest BCUT2D eigenvalue weighted by Crippen LogP contribution is -2.57. The fraction of sp³-hybridized carbons (Fsp3) is 0.536. The highest BCUT2D eigenvalue weighted by atomic mass is 19.4. The SMILES string of the molecule is CNC(=O)[C@H](Cc1ccc(C(=N)N)cc1)C(=O)N[C@H](C(=O)NC(CCCNC(=N)N)C(=O)O)C1CCCCC1.O=C(O)C(F)(F)F. The summed E-state index contributed by atoms with van der Waals surface area (Å²) in [5.41, 5.74) is 11.9. The molecule has 0 saturated heterocycles. The first-order valence-electron chi connectivity index (χ1n) is 14.3. The first kappa shape index (κ1) is 39.1. The van der Waals surface area contributed by atoms with Gasteiger partial charge in [0.15, 0.2) is 5.96 Å². The molecule has 1 saturated carbocycles. The van der Waals surface area contributed by atoms with Crippen LogP contribution in [0.1, 0.15) is 56.1 Å². The van der Waals surface area contributed by atoms with E-state index in [0.29, 0.717) is 30.4 Å². The average Bonchev–Trinajstić information content (AvgIpc) is 2.99. The molecule has 0 aromatic heterocycles. The number of nitrogens with two attached hydrogens (primary N) is 2. The van der Waals surface area contributed by atoms with E-state index >= 15 is 0 Å². The fourth-order valence-electron chi connectivity index (χ4n) is 4.70. The van der Waals surface area contributed by atoms with Crippen LogP contribution in [0, 0.1) is 22.7 Å². The van der Waals surface area contributed by atoms with Gasteiger partial charge in [-0.05, 0) is 43.6 Å². The largest absolute Gasteiger partial charge is 0.490 e. The van der Waals surface area contributed by atoms with Gasteiger partial charge >= 0.3 is 18.1 Å². The van der Waals surface area contributed by atoms with Gasteiger partial charge in [-0.2, -0.15) is 13.2 Å². The van der Waals surface area contributed by atoms with E-state index in [-0.39, 0.29) is 37.1 Å². The van der Waals surface area contributed by atoms with Crippen molar-refractivity contribution in [2.75, 3.05) is 13.6 Å². The van der Waals surface area contributed by atoms with Crippen LogP contribution in [0.3, 0.4) is 0 Å². The first-order valence-corrected chi connectivity index (χ1v) is 14.3. The van der Waals surface area contributed by atoms with Crippen molar-refractivity contribution in [1.29, 1.82) is 10.8 Å². The maximum atomic E-state index is 13.4. The molecule has 1 aromatic rings. The Morgan fingerprint density at radius 2 is 1.50 bits per heavy atom. The van der Waals surface area contributed by atoms with Crippen molar-refractivity contribution >= 4 is 41.5 Å². The number of carboxylic acid groups (broad SMARTS) is 2. The van der Waals surface area contributed by atoms with Gasteiger partial charge in [0.2, 0.25) is 17.7 Å². The summed E-state index contributed by atoms with van der Waals surface area (Å²) in [6, 6.07) is 4.44. The Kier molecular flexibility index (Phi) is 16.0. The van der Waals surface area contributed by atoms with E-state index in [1.54, 1.807) is 24.3 Å². The molecule has 0 aliphatic heterocycles. The minimum Gasteiger partial charge on any atom is -0.480 e. The number of benzene rings is 1. The van der Waals surface area contributed by atoms with E-state index in [2.05, 4.69) is 21.3 Å². The lowest BCUT2D eigenvalue weighted by Gasteiger charge is -2.32. The standard InChI is InChI=1S/C26H40N8O5.C2HF3O2/c1-31-22(35)18(14-15-9-11-17(12-10-15)21(27)28)23(36)34-20(16-6-3-2-4-7-16)24(37)33-19(25(38)39)8-5-13-32-26(29)30;3-2(4,5)1(6)7/h9-12,16,18-20H,2-8,13-14H2,1H3,(H3,27,28)(H,31,35)(H,33,37)(H,34,36)(H,38,39)(H4,29,30,32);(H,6,7)/t18-,19?,20-;/m0./s1. The normalized spacial score (nSPS) is 15.0. The van der Waals surface area contributed by atoms with Gasteiger partial charge in [-0.25, -0.2) is 9.59 Å². The average molecular weight is 659 g/mol. The molecular weight excluding hydrogens is 617 g/mol. The van der Waals surface area contributed by atoms with E-state index in [1.807, 2.05) is 0 Å². The van der Waals surface area contributed by atoms with E-state index in [1.165, 1.54) is 7.05 Å². The zero-order valence-electron chi connectivity index (χ0n) is 25.2. The number of amidine groups is 1. The van der Waals surface area contributed by atoms with Crippen molar-refractivity contribution in [3.05, 3.63) is 35.4 Å². The Morgan fingerprint density at radius 3 is 1.96 bits per heavy atom. The van der Waals surface area contributed by atoms with Gasteiger partial charge in [0.25, 0.3) is 0 Å². The molecule has 3 atom stereocenters. The van der Waals surface area contributed by atoms with Crippen molar-refractivity contribution in [1.82, 2.24) is 21.3 Å². The summed E-state index contributed by atoms with van der Waals surface area (Å²) in [5, 5.41) is 41.9. The molecule has 256 valence electrons. The molecule has 3 amide bonds. The van der Waals surface area contributed by atoms with Gasteiger partial charge in [-0.1, -0.05) is 43.5 Å². The molecule has 15 nitrogen and oxygen atoms in total. The van der Waals surface area contributed by atoms with Crippen molar-refractivity contribution in [3.8, 4) is 0 Å². The van der Waals surface area contributed by atoms with Crippen molar-refractivity contribution in [2.45, 2.75) is 69.6 Å². The van der Waals surface area contributed by atoms with Gasteiger partial charge < -0.3 is 42.9 Å². The number of rotatable bonds is 14. The molecular formula is C28H41F3N8O7. The highest BCUT2D eigenvalue weighted by molar-refractivity contribution is 6.02. The maximum Gasteiger partial charge on any atom is 0.490 e. The van der Waals surface area contributed by atoms with E-state index in [4.69, 9.17) is 32.2 Å². The number of halogens is 3. The lowest BCUT2D eigenvalue weighted by atomic mass is 9.83. The first-order chi connectivity index (χ1) is 21.5. The van der Waals surface area contributed by atoms with Crippen molar-refractivity contribution in [2.24, 2.45) is 23.3 Å². The molecule has 0 bridgehead atoms. The molecule has 12 N–H and O–H groups in total. The van der Waals surface area contributed by atoms with Crippen molar-refractivity contribution in [3.63, 3.8) is 0 Å². The summed E-state index contributed by atoms with van der Waals surface area (Å²) in [6.45, 7) is 0.277. The minimum atomic E-state index is -5.08. The fourth-order valence-corrected chi connectivity index (χ4v) is 4.70. The van der Waals surface area contributed by atoms with Crippen LogP contribution in [0.25, 0.3) is 0 Å². The summed E-state index contributed by atoms with van der Waals surface area (Å²) in [6.07, 6.45) is -0.427. The summed E-state index contributed by atoms with van der Waals surface area (Å²) in [5.74, 6) is -7.39. The Balaban J connectivity index is 0.00000135. The second-order valence-corrected chi connectivity index (χ2v) is 10.6. The van der Waals surface area contributed by atoms with Gasteiger partial charge in [0, 0.05) is 19.2 Å². The Bertz CT molecular complexity index is 1240. The van der Waals surface area contributed by atoms with Crippen LogP contribution in [0.4, 0.5) is 13.2 Å². The quantitative estimate of drug-likeness (QED) is 0.0569. The minimum absolute atomic E-state index is 0.0591. The molecule has 1 aliphatic rings. The third-order valence-corrected chi connectivity index (χ3v) is 7.13. The zero-order chi connectivity index (χ0) is 35.0. The number of amides is 3. The third-order valence-electron chi connectivity index (χ3n) is 7.13. The number of hydrogen-bond donors (Lipinski definition) is 10. The molecule has 1 unspecified atom stereocenters. The number of hydrogen-bond acceptors (Lipinski definition) is 7. The molecule has 1 aliphatic carbocycles. The predicted octanol–water partition coefficient (Wildman–Crippen LogP) is 0.406. The summed E-state index contributed by atoms with van der Waals surface area (Å²) >= 11 is 0. The van der Waals surface area contributed by atoms with Crippen LogP contribution in [-0.2, 0) is 30.4 Å². The van der Waals surface area contributed by atoms with Crippen LogP contribution in [0.2, 0.25) is 0 Å². The number of nitrogen functional groups attached to an aromatic ring is 1. The van der Waals surface area contributed by atoms with Crippen LogP contribution < -0.4 is 32.7 Å². The highest BCUT2D eigenvalue weighted by Crippen LogP contribution is 2.27. The molecule has 2 rings (SSSR count). The number of carboxylic acids is 2. The Morgan fingerprint density at radius 1 is 0.935 bits per heavy atom. The molecule has 0 radical (unpaired) electrons. The number of alkyl halides is 3. The molecule has 0 heterocycles.